The van der Waals surface area contributed by atoms with Gasteiger partial charge in [0.1, 0.15) is 0 Å². The molecule has 1 N–H and O–H groups in total. The van der Waals surface area contributed by atoms with E-state index in [0.29, 0.717) is 15.7 Å². The molecule has 82 valence electrons. The molecule has 4 nitrogen and oxygen atoms in total. The zero-order valence-corrected chi connectivity index (χ0v) is 10.1. The smallest absolute Gasteiger partial charge is 0.277 e. The molecule has 1 aromatic carbocycles. The number of hydrogen-bond acceptors (Lipinski definition) is 4. The summed E-state index contributed by atoms with van der Waals surface area (Å²) < 4.78 is 3.60. The van der Waals surface area contributed by atoms with Crippen molar-refractivity contribution in [2.75, 3.05) is 5.32 Å². The van der Waals surface area contributed by atoms with Crippen molar-refractivity contribution < 1.29 is 4.79 Å². The summed E-state index contributed by atoms with van der Waals surface area (Å²) in [6.07, 6.45) is 0. The number of anilines is 1. The van der Waals surface area contributed by atoms with Crippen LogP contribution in [0.25, 0.3) is 0 Å². The minimum Gasteiger partial charge on any atom is -0.320 e. The second kappa shape index (κ2) is 4.78. The first-order chi connectivity index (χ1) is 7.65. The normalized spacial score (nSPS) is 10.1. The first-order valence-electron chi connectivity index (χ1n) is 4.19. The fourth-order valence-electron chi connectivity index (χ4n) is 1.08. The van der Waals surface area contributed by atoms with E-state index in [0.717, 1.165) is 11.5 Å². The lowest BCUT2D eigenvalue weighted by Gasteiger charge is -2.03. The van der Waals surface area contributed by atoms with Crippen LogP contribution in [0.3, 0.4) is 0 Å². The van der Waals surface area contributed by atoms with Gasteiger partial charge in [-0.25, -0.2) is 0 Å². The third-order valence-electron chi connectivity index (χ3n) is 1.71. The molecule has 0 aliphatic heterocycles. The molecule has 1 aromatic heterocycles. The van der Waals surface area contributed by atoms with E-state index in [2.05, 4.69) is 14.9 Å². The van der Waals surface area contributed by atoms with Crippen LogP contribution in [0.2, 0.25) is 10.0 Å². The third-order valence-corrected chi connectivity index (χ3v) is 2.65. The van der Waals surface area contributed by atoms with Gasteiger partial charge in [0, 0.05) is 21.1 Å². The minimum absolute atomic E-state index is 0.265. The topological polar surface area (TPSA) is 54.9 Å². The van der Waals surface area contributed by atoms with Crippen LogP contribution >= 0.6 is 34.7 Å². The Kier molecular flexibility index (Phi) is 3.38. The molecular weight excluding hydrogens is 269 g/mol. The van der Waals surface area contributed by atoms with Gasteiger partial charge >= 0.3 is 0 Å². The summed E-state index contributed by atoms with van der Waals surface area (Å²) in [6.45, 7) is 0. The highest BCUT2D eigenvalue weighted by Gasteiger charge is 2.09. The van der Waals surface area contributed by atoms with E-state index in [9.17, 15) is 4.79 Å². The standard InChI is InChI=1S/C9H5Cl2N3OS/c10-5-1-6(11)3-7(2-5)12-9(15)8-4-16-14-13-8/h1-4H,(H,12,15). The maximum atomic E-state index is 11.6. The molecule has 2 aromatic rings. The quantitative estimate of drug-likeness (QED) is 0.915. The lowest BCUT2D eigenvalue weighted by atomic mass is 10.3. The summed E-state index contributed by atoms with van der Waals surface area (Å²) in [5.74, 6) is -0.341. The van der Waals surface area contributed by atoms with Crippen molar-refractivity contribution in [2.45, 2.75) is 0 Å². The summed E-state index contributed by atoms with van der Waals surface area (Å²) in [5.41, 5.74) is 0.789. The van der Waals surface area contributed by atoms with Gasteiger partial charge < -0.3 is 5.32 Å². The van der Waals surface area contributed by atoms with E-state index in [1.54, 1.807) is 23.6 Å². The predicted molar refractivity (Wildman–Crippen MR) is 64.3 cm³/mol. The summed E-state index contributed by atoms with van der Waals surface area (Å²) >= 11 is 12.7. The van der Waals surface area contributed by atoms with Crippen molar-refractivity contribution in [2.24, 2.45) is 0 Å². The Bertz CT molecular complexity index is 495. The summed E-state index contributed by atoms with van der Waals surface area (Å²) in [6, 6.07) is 4.79. The van der Waals surface area contributed by atoms with Crippen LogP contribution < -0.4 is 5.32 Å². The fraction of sp³-hybridized carbons (Fsp3) is 0. The van der Waals surface area contributed by atoms with Gasteiger partial charge in [0.25, 0.3) is 5.91 Å². The first-order valence-corrected chi connectivity index (χ1v) is 5.79. The molecule has 2 rings (SSSR count). The van der Waals surface area contributed by atoms with Crippen molar-refractivity contribution in [3.05, 3.63) is 39.3 Å². The van der Waals surface area contributed by atoms with Gasteiger partial charge in [-0.15, -0.1) is 5.10 Å². The highest BCUT2D eigenvalue weighted by molar-refractivity contribution is 7.03. The minimum atomic E-state index is -0.341. The number of halogens is 2. The fourth-order valence-corrected chi connectivity index (χ4v) is 2.05. The van der Waals surface area contributed by atoms with Crippen LogP contribution in [0.1, 0.15) is 10.5 Å². The van der Waals surface area contributed by atoms with Crippen molar-refractivity contribution in [3.8, 4) is 0 Å². The molecule has 0 saturated carbocycles. The summed E-state index contributed by atoms with van der Waals surface area (Å²) in [5, 5.41) is 8.74. The van der Waals surface area contributed by atoms with E-state index >= 15 is 0 Å². The Labute approximate surface area is 105 Å². The third kappa shape index (κ3) is 2.69. The van der Waals surface area contributed by atoms with Crippen molar-refractivity contribution >= 4 is 46.3 Å². The van der Waals surface area contributed by atoms with Gasteiger partial charge in [-0.05, 0) is 29.7 Å². The molecule has 0 spiro atoms. The molecule has 0 saturated heterocycles. The molecule has 1 heterocycles. The Balaban J connectivity index is 2.18. The lowest BCUT2D eigenvalue weighted by molar-refractivity contribution is 0.102. The van der Waals surface area contributed by atoms with Crippen LogP contribution in [-0.2, 0) is 0 Å². The zero-order valence-electron chi connectivity index (χ0n) is 7.78. The maximum Gasteiger partial charge on any atom is 0.277 e. The van der Waals surface area contributed by atoms with Gasteiger partial charge in [0.15, 0.2) is 5.69 Å². The van der Waals surface area contributed by atoms with Crippen molar-refractivity contribution in [1.29, 1.82) is 0 Å². The van der Waals surface area contributed by atoms with Crippen molar-refractivity contribution in [3.63, 3.8) is 0 Å². The van der Waals surface area contributed by atoms with Gasteiger partial charge in [0.05, 0.1) is 0 Å². The molecule has 16 heavy (non-hydrogen) atoms. The van der Waals surface area contributed by atoms with Gasteiger partial charge in [-0.2, -0.15) is 0 Å². The molecule has 0 radical (unpaired) electrons. The monoisotopic (exact) mass is 273 g/mol. The number of carbonyl (C=O) groups is 1. The summed E-state index contributed by atoms with van der Waals surface area (Å²) in [7, 11) is 0. The van der Waals surface area contributed by atoms with E-state index in [1.165, 1.54) is 0 Å². The van der Waals surface area contributed by atoms with Crippen molar-refractivity contribution in [1.82, 2.24) is 9.59 Å². The Hall–Kier alpha value is -1.17. The molecule has 0 unspecified atom stereocenters. The number of carbonyl (C=O) groups excluding carboxylic acids is 1. The maximum absolute atomic E-state index is 11.6. The molecule has 0 bridgehead atoms. The molecule has 0 fully saturated rings. The number of nitrogens with one attached hydrogen (secondary N) is 1. The zero-order chi connectivity index (χ0) is 11.5. The molecule has 0 atom stereocenters. The highest BCUT2D eigenvalue weighted by atomic mass is 35.5. The second-order valence-corrected chi connectivity index (χ2v) is 4.39. The SMILES string of the molecule is O=C(Nc1cc(Cl)cc(Cl)c1)c1csnn1. The Morgan fingerprint density at radius 3 is 2.50 bits per heavy atom. The number of aromatic nitrogens is 2. The molecular formula is C9H5Cl2N3OS. The average molecular weight is 274 g/mol. The van der Waals surface area contributed by atoms with E-state index in [1.807, 2.05) is 0 Å². The Morgan fingerprint density at radius 2 is 1.94 bits per heavy atom. The van der Waals surface area contributed by atoms with Gasteiger partial charge in [0.2, 0.25) is 0 Å². The molecule has 0 aliphatic carbocycles. The average Bonchev–Trinajstić information content (AvgIpc) is 2.68. The van der Waals surface area contributed by atoms with Crippen LogP contribution in [0.4, 0.5) is 5.69 Å². The largest absolute Gasteiger partial charge is 0.320 e. The summed E-state index contributed by atoms with van der Waals surface area (Å²) in [4.78, 5) is 11.6. The van der Waals surface area contributed by atoms with E-state index in [-0.39, 0.29) is 11.6 Å². The predicted octanol–water partition coefficient (Wildman–Crippen LogP) is 3.10. The van der Waals surface area contributed by atoms with Crippen LogP contribution in [0, 0.1) is 0 Å². The number of nitrogens with zero attached hydrogens (tertiary/aromatic N) is 2. The Morgan fingerprint density at radius 1 is 1.25 bits per heavy atom. The number of amides is 1. The lowest BCUT2D eigenvalue weighted by Crippen LogP contribution is -2.12. The number of rotatable bonds is 2. The number of benzene rings is 1. The number of hydrogen-bond donors (Lipinski definition) is 1. The van der Waals surface area contributed by atoms with E-state index < -0.39 is 0 Å². The molecule has 1 amide bonds. The van der Waals surface area contributed by atoms with Crippen LogP contribution in [0.15, 0.2) is 23.6 Å². The van der Waals surface area contributed by atoms with Gasteiger partial charge in [-0.3, -0.25) is 4.79 Å². The van der Waals surface area contributed by atoms with E-state index in [4.69, 9.17) is 23.2 Å². The van der Waals surface area contributed by atoms with Gasteiger partial charge in [-0.1, -0.05) is 27.7 Å². The van der Waals surface area contributed by atoms with Crippen LogP contribution in [-0.4, -0.2) is 15.5 Å². The first kappa shape index (κ1) is 11.3. The van der Waals surface area contributed by atoms with Crippen LogP contribution in [0.5, 0.6) is 0 Å². The highest BCUT2D eigenvalue weighted by Crippen LogP contribution is 2.22. The molecule has 7 heteroatoms. The molecule has 0 aliphatic rings. The second-order valence-electron chi connectivity index (χ2n) is 2.90.